The topological polar surface area (TPSA) is 202 Å². The maximum atomic E-state index is 13.1. The molecule has 1 aliphatic heterocycles. The van der Waals surface area contributed by atoms with Gasteiger partial charge in [0.1, 0.15) is 13.2 Å². The van der Waals surface area contributed by atoms with E-state index < -0.39 is 37.3 Å². The fourth-order valence-corrected chi connectivity index (χ4v) is 8.91. The molecule has 19 heteroatoms. The second kappa shape index (κ2) is 25.9. The Kier molecular flexibility index (Phi) is 20.8. The molecule has 354 valence electrons. The molecule has 0 spiro atoms. The van der Waals surface area contributed by atoms with E-state index in [1.807, 2.05) is 91.6 Å². The van der Waals surface area contributed by atoms with Crippen LogP contribution in [0.15, 0.2) is 97.1 Å². The van der Waals surface area contributed by atoms with Gasteiger partial charge in [0.2, 0.25) is 11.2 Å². The number of carboxylic acids is 3. The van der Waals surface area contributed by atoms with Crippen molar-refractivity contribution in [2.75, 3.05) is 97.5 Å². The molecule has 4 aromatic carbocycles. The third-order valence-electron chi connectivity index (χ3n) is 12.3. The number of benzene rings is 4. The molecule has 6 rings (SSSR count). The number of para-hydroxylation sites is 1. The number of likely N-dealkylation sites (N-methyl/N-ethyl adjacent to an activating group) is 2. The van der Waals surface area contributed by atoms with Crippen LogP contribution in [0.2, 0.25) is 0 Å². The summed E-state index contributed by atoms with van der Waals surface area (Å²) >= 11 is 0. The molecule has 1 aromatic heterocycles. The number of fused-ring (bicyclic) bond motifs is 3. The minimum atomic E-state index is -1.65. The summed E-state index contributed by atoms with van der Waals surface area (Å²) < 4.78 is 8.96. The van der Waals surface area contributed by atoms with E-state index >= 15 is 0 Å². The number of nitrogens with zero attached hydrogens (tertiary/aromatic N) is 7. The Hall–Kier alpha value is -4.24. The summed E-state index contributed by atoms with van der Waals surface area (Å²) in [5.41, 5.74) is 4.89. The van der Waals surface area contributed by atoms with Crippen molar-refractivity contribution in [3.8, 4) is 0 Å². The van der Waals surface area contributed by atoms with Gasteiger partial charge < -0.3 is 39.8 Å². The summed E-state index contributed by atoms with van der Waals surface area (Å²) in [4.78, 5) is 59.6. The third kappa shape index (κ3) is 14.9. The predicted octanol–water partition coefficient (Wildman–Crippen LogP) is 1.32. The van der Waals surface area contributed by atoms with Crippen LogP contribution in [0.25, 0.3) is 21.7 Å². The zero-order valence-corrected chi connectivity index (χ0v) is 40.7. The van der Waals surface area contributed by atoms with Crippen LogP contribution in [0.1, 0.15) is 22.9 Å². The van der Waals surface area contributed by atoms with Crippen LogP contribution in [0, 0.1) is 49.4 Å². The third-order valence-corrected chi connectivity index (χ3v) is 12.3. The number of pyridine rings is 1. The zero-order valence-electron chi connectivity index (χ0n) is 38.2. The van der Waals surface area contributed by atoms with E-state index in [1.54, 1.807) is 26.8 Å². The van der Waals surface area contributed by atoms with E-state index in [4.69, 9.17) is 4.74 Å². The second-order valence-electron chi connectivity index (χ2n) is 16.9. The number of aromatic nitrogens is 1. The Labute approximate surface area is 432 Å². The monoisotopic (exact) mass is 1060 g/mol. The van der Waals surface area contributed by atoms with Gasteiger partial charge in [0.15, 0.2) is 12.4 Å². The van der Waals surface area contributed by atoms with Gasteiger partial charge in [-0.3, -0.25) is 38.9 Å². The van der Waals surface area contributed by atoms with Crippen molar-refractivity contribution in [2.45, 2.75) is 25.4 Å². The van der Waals surface area contributed by atoms with E-state index in [2.05, 4.69) is 33.7 Å². The quantitative estimate of drug-likeness (QED) is 0.0343. The number of hydrogen-bond donors (Lipinski definition) is 5. The van der Waals surface area contributed by atoms with Gasteiger partial charge in [-0.05, 0) is 47.9 Å². The number of aldehydes is 1. The van der Waals surface area contributed by atoms with E-state index in [1.165, 1.54) is 0 Å². The Balaban J connectivity index is 0.00000840. The number of aryl methyl sites for hydroxylation is 1. The molecule has 0 saturated carbocycles. The summed E-state index contributed by atoms with van der Waals surface area (Å²) in [7, 11) is 4.24. The molecule has 0 aliphatic carbocycles. The fourth-order valence-electron chi connectivity index (χ4n) is 8.91. The van der Waals surface area contributed by atoms with E-state index in [9.17, 15) is 44.5 Å². The van der Waals surface area contributed by atoms with Crippen molar-refractivity contribution in [2.24, 2.45) is 7.05 Å². The second-order valence-corrected chi connectivity index (χ2v) is 16.9. The Morgan fingerprint density at radius 3 is 1.79 bits per heavy atom. The molecule has 2 unspecified atom stereocenters. The fraction of sp³-hybridized carbons (Fsp3) is 0.396. The Morgan fingerprint density at radius 1 is 0.716 bits per heavy atom. The minimum absolute atomic E-state index is 0. The average molecular weight is 1060 g/mol. The van der Waals surface area contributed by atoms with Crippen LogP contribution in [0.3, 0.4) is 0 Å². The molecule has 1 aliphatic rings. The van der Waals surface area contributed by atoms with Gasteiger partial charge in [-0.15, -0.1) is 0 Å². The minimum Gasteiger partial charge on any atom is -0.480 e. The molecule has 0 radical (unpaired) electrons. The molecule has 2 heterocycles. The van der Waals surface area contributed by atoms with Crippen LogP contribution in [-0.2, 0) is 44.1 Å². The van der Waals surface area contributed by atoms with Crippen LogP contribution in [-0.4, -0.2) is 180 Å². The van der Waals surface area contributed by atoms with Crippen molar-refractivity contribution >= 4 is 64.1 Å². The SMILES string of the molecule is CN(CC(OCc1ccccc1B(O)O)c1c2ccccc2c2cc(CN(C)C(C=O)N3CCN(CC(=O)O)CCN(CC(=O)O)CCN(CC(=O)O)CC3)ccc2[n+]1C)c1ccccc1.[Eu+3]. The number of anilines is 1. The van der Waals surface area contributed by atoms with Gasteiger partial charge in [0.25, 0.3) is 0 Å². The molecular weight excluding hydrogens is 997 g/mol. The molecule has 0 amide bonds. The molecule has 1 fully saturated rings. The van der Waals surface area contributed by atoms with Crippen molar-refractivity contribution in [1.82, 2.24) is 24.5 Å². The van der Waals surface area contributed by atoms with Gasteiger partial charge in [0.05, 0.1) is 43.6 Å². The molecule has 2 atom stereocenters. The predicted molar refractivity (Wildman–Crippen MR) is 251 cm³/mol. The van der Waals surface area contributed by atoms with Crippen molar-refractivity contribution < 1.29 is 103 Å². The summed E-state index contributed by atoms with van der Waals surface area (Å²) in [6, 6.07) is 31.6. The summed E-state index contributed by atoms with van der Waals surface area (Å²) in [5.74, 6) is -3.07. The van der Waals surface area contributed by atoms with Gasteiger partial charge in [-0.2, -0.15) is 4.57 Å². The van der Waals surface area contributed by atoms with Crippen molar-refractivity contribution in [3.05, 3.63) is 114 Å². The first-order valence-electron chi connectivity index (χ1n) is 22.1. The van der Waals surface area contributed by atoms with Gasteiger partial charge >= 0.3 is 74.4 Å². The maximum Gasteiger partial charge on any atom is 3.00 e. The standard InChI is InChI=1S/C48H60BN7O10.Eu/c1-50(37-12-5-4-6-13-37)29-43(66-34-36-11-7-10-16-41(36)49(64)65)48-39-15-9-8-14-38(39)40-27-35(17-18-42(40)52(48)3)28-51(2)44(33-57)56-25-23-54(31-46(60)61)21-19-53(30-45(58)59)20-22-55(24-26-56)32-47(62)63;/h4-18,27,33,43-44,64-65H,19-26,28-32,34H2,1-3H3,(H2-,58,59,60,61,62,63);/q;+3/p+1. The van der Waals surface area contributed by atoms with Crippen LogP contribution in [0.5, 0.6) is 0 Å². The Bertz CT molecular complexity index is 2420. The maximum absolute atomic E-state index is 13.1. The van der Waals surface area contributed by atoms with Crippen LogP contribution >= 0.6 is 0 Å². The number of aliphatic carboxylic acids is 3. The molecule has 17 nitrogen and oxygen atoms in total. The van der Waals surface area contributed by atoms with Gasteiger partial charge in [0, 0.05) is 83.1 Å². The summed E-state index contributed by atoms with van der Waals surface area (Å²) in [6.45, 7) is 2.48. The Morgan fingerprint density at radius 2 is 1.24 bits per heavy atom. The first kappa shape index (κ1) is 53.7. The molecule has 67 heavy (non-hydrogen) atoms. The van der Waals surface area contributed by atoms with E-state index in [0.29, 0.717) is 37.2 Å². The van der Waals surface area contributed by atoms with Crippen molar-refractivity contribution in [1.29, 1.82) is 0 Å². The first-order valence-corrected chi connectivity index (χ1v) is 22.1. The largest absolute Gasteiger partial charge is 3.00 e. The zero-order chi connectivity index (χ0) is 47.3. The first-order chi connectivity index (χ1) is 31.7. The number of rotatable bonds is 19. The number of ether oxygens (including phenoxy) is 1. The number of carboxylic acid groups (broad SMARTS) is 3. The molecular formula is C48H61BEuN7O10+4. The summed E-state index contributed by atoms with van der Waals surface area (Å²) in [5, 5.41) is 52.2. The number of hydrogen-bond acceptors (Lipinski definition) is 13. The molecule has 1 saturated heterocycles. The van der Waals surface area contributed by atoms with Gasteiger partial charge in [-0.1, -0.05) is 66.7 Å². The normalized spacial score (nSPS) is 15.9. The van der Waals surface area contributed by atoms with Crippen molar-refractivity contribution in [3.63, 3.8) is 0 Å². The van der Waals surface area contributed by atoms with E-state index in [-0.39, 0.29) is 115 Å². The molecule has 5 aromatic rings. The summed E-state index contributed by atoms with van der Waals surface area (Å²) in [6.07, 6.45) is -0.352. The van der Waals surface area contributed by atoms with Crippen LogP contribution < -0.4 is 14.9 Å². The van der Waals surface area contributed by atoms with E-state index in [0.717, 1.165) is 44.9 Å². The smallest absolute Gasteiger partial charge is 0.480 e. The van der Waals surface area contributed by atoms with Crippen LogP contribution in [0.4, 0.5) is 5.69 Å². The molecule has 0 bridgehead atoms. The van der Waals surface area contributed by atoms with Gasteiger partial charge in [-0.25, -0.2) is 0 Å². The number of carbonyl (C=O) groups excluding carboxylic acids is 1. The molecule has 5 N–H and O–H groups in total. The average Bonchev–Trinajstić information content (AvgIpc) is 3.28. The number of carbonyl (C=O) groups is 4.